The third-order valence-corrected chi connectivity index (χ3v) is 7.14. The summed E-state index contributed by atoms with van der Waals surface area (Å²) in [7, 11) is -4.18. The normalized spacial score (nSPS) is 14.7. The SMILES string of the molecule is O=S(=O)(Cc1ccon1)c1ccc(NCc2c(F)cccc2CN2CCCC2)c(F)c1F. The average molecular weight is 465 g/mol. The fraction of sp³-hybridized carbons (Fsp3) is 0.318. The number of nitrogens with zero attached hydrogens (tertiary/aromatic N) is 2. The van der Waals surface area contributed by atoms with Crippen LogP contribution >= 0.6 is 0 Å². The molecule has 1 aliphatic heterocycles. The minimum Gasteiger partial charge on any atom is -0.378 e. The predicted molar refractivity (Wildman–Crippen MR) is 112 cm³/mol. The Kier molecular flexibility index (Phi) is 6.52. The van der Waals surface area contributed by atoms with Crippen molar-refractivity contribution in [3.63, 3.8) is 0 Å². The maximum absolute atomic E-state index is 14.7. The predicted octanol–water partition coefficient (Wildman–Crippen LogP) is 4.27. The Hall–Kier alpha value is -2.85. The second-order valence-electron chi connectivity index (χ2n) is 7.70. The van der Waals surface area contributed by atoms with Crippen molar-refractivity contribution < 1.29 is 26.1 Å². The van der Waals surface area contributed by atoms with E-state index in [2.05, 4.69) is 19.9 Å². The summed E-state index contributed by atoms with van der Waals surface area (Å²) in [5, 5.41) is 6.20. The van der Waals surface area contributed by atoms with Crippen molar-refractivity contribution in [2.75, 3.05) is 18.4 Å². The topological polar surface area (TPSA) is 75.4 Å². The molecule has 10 heteroatoms. The summed E-state index contributed by atoms with van der Waals surface area (Å²) in [6.45, 7) is 2.38. The molecule has 32 heavy (non-hydrogen) atoms. The van der Waals surface area contributed by atoms with E-state index in [1.54, 1.807) is 6.07 Å². The molecule has 0 radical (unpaired) electrons. The molecule has 2 aromatic carbocycles. The number of halogens is 3. The van der Waals surface area contributed by atoms with E-state index in [0.717, 1.165) is 43.6 Å². The summed E-state index contributed by atoms with van der Waals surface area (Å²) in [6.07, 6.45) is 3.38. The second kappa shape index (κ2) is 9.33. The third kappa shape index (κ3) is 4.81. The van der Waals surface area contributed by atoms with Crippen LogP contribution in [0.1, 0.15) is 29.7 Å². The van der Waals surface area contributed by atoms with Crippen molar-refractivity contribution in [1.29, 1.82) is 0 Å². The zero-order valence-corrected chi connectivity index (χ0v) is 18.0. The van der Waals surface area contributed by atoms with Crippen LogP contribution in [0.2, 0.25) is 0 Å². The molecule has 1 aliphatic rings. The molecule has 0 amide bonds. The van der Waals surface area contributed by atoms with Gasteiger partial charge in [0.15, 0.2) is 21.5 Å². The lowest BCUT2D eigenvalue weighted by molar-refractivity contribution is 0.329. The number of benzene rings is 2. The first kappa shape index (κ1) is 22.3. The molecule has 1 aromatic heterocycles. The number of hydrogen-bond donors (Lipinski definition) is 1. The molecular weight excluding hydrogens is 443 g/mol. The highest BCUT2D eigenvalue weighted by molar-refractivity contribution is 7.90. The Bertz CT molecular complexity index is 1190. The Labute approximate surface area is 183 Å². The maximum atomic E-state index is 14.7. The van der Waals surface area contributed by atoms with E-state index in [1.807, 2.05) is 6.07 Å². The van der Waals surface area contributed by atoms with E-state index in [-0.39, 0.29) is 17.9 Å². The number of sulfone groups is 1. The van der Waals surface area contributed by atoms with Crippen LogP contribution in [0.4, 0.5) is 18.9 Å². The lowest BCUT2D eigenvalue weighted by atomic mass is 10.1. The van der Waals surface area contributed by atoms with E-state index >= 15 is 0 Å². The molecule has 1 fully saturated rings. The molecular formula is C22H22F3N3O3S. The van der Waals surface area contributed by atoms with E-state index in [4.69, 9.17) is 0 Å². The van der Waals surface area contributed by atoms with Crippen molar-refractivity contribution >= 4 is 15.5 Å². The third-order valence-electron chi connectivity index (χ3n) is 5.48. The molecule has 0 unspecified atom stereocenters. The van der Waals surface area contributed by atoms with Crippen LogP contribution in [-0.2, 0) is 28.7 Å². The van der Waals surface area contributed by atoms with Gasteiger partial charge in [-0.05, 0) is 49.7 Å². The number of aromatic nitrogens is 1. The van der Waals surface area contributed by atoms with Gasteiger partial charge in [-0.1, -0.05) is 17.3 Å². The zero-order valence-electron chi connectivity index (χ0n) is 17.2. The molecule has 0 bridgehead atoms. The monoisotopic (exact) mass is 465 g/mol. The molecule has 3 aromatic rings. The van der Waals surface area contributed by atoms with Gasteiger partial charge in [0.1, 0.15) is 22.7 Å². The van der Waals surface area contributed by atoms with Gasteiger partial charge in [-0.15, -0.1) is 0 Å². The van der Waals surface area contributed by atoms with Crippen LogP contribution in [0.5, 0.6) is 0 Å². The summed E-state index contributed by atoms with van der Waals surface area (Å²) in [6, 6.07) is 8.21. The van der Waals surface area contributed by atoms with Gasteiger partial charge in [0.25, 0.3) is 0 Å². The Morgan fingerprint density at radius 2 is 1.81 bits per heavy atom. The molecule has 0 atom stereocenters. The number of hydrogen-bond acceptors (Lipinski definition) is 6. The summed E-state index contributed by atoms with van der Waals surface area (Å²) < 4.78 is 73.3. The molecule has 0 aliphatic carbocycles. The minimum atomic E-state index is -4.18. The largest absolute Gasteiger partial charge is 0.378 e. The van der Waals surface area contributed by atoms with Gasteiger partial charge < -0.3 is 9.84 Å². The quantitative estimate of drug-likeness (QED) is 0.536. The Morgan fingerprint density at radius 1 is 1.03 bits per heavy atom. The molecule has 0 saturated carbocycles. The molecule has 1 N–H and O–H groups in total. The van der Waals surface area contributed by atoms with Crippen molar-refractivity contribution in [2.24, 2.45) is 0 Å². The van der Waals surface area contributed by atoms with Gasteiger partial charge in [-0.3, -0.25) is 4.90 Å². The molecule has 6 nitrogen and oxygen atoms in total. The number of likely N-dealkylation sites (tertiary alicyclic amines) is 1. The highest BCUT2D eigenvalue weighted by Gasteiger charge is 2.25. The molecule has 170 valence electrons. The van der Waals surface area contributed by atoms with Crippen molar-refractivity contribution in [1.82, 2.24) is 10.1 Å². The van der Waals surface area contributed by atoms with Gasteiger partial charge in [0.05, 0.1) is 11.4 Å². The van der Waals surface area contributed by atoms with Crippen LogP contribution in [0.25, 0.3) is 0 Å². The lowest BCUT2D eigenvalue weighted by Crippen LogP contribution is -2.20. The molecule has 4 rings (SSSR count). The number of rotatable bonds is 8. The first-order chi connectivity index (χ1) is 15.3. The smallest absolute Gasteiger partial charge is 0.187 e. The minimum absolute atomic E-state index is 0.0722. The van der Waals surface area contributed by atoms with Crippen molar-refractivity contribution in [2.45, 2.75) is 36.6 Å². The second-order valence-corrected chi connectivity index (χ2v) is 9.66. The number of anilines is 1. The van der Waals surface area contributed by atoms with E-state index in [9.17, 15) is 21.6 Å². The number of nitrogens with one attached hydrogen (secondary N) is 1. The fourth-order valence-electron chi connectivity index (χ4n) is 3.81. The Balaban J connectivity index is 1.53. The summed E-state index contributed by atoms with van der Waals surface area (Å²) in [5.74, 6) is -3.91. The molecule has 2 heterocycles. The summed E-state index contributed by atoms with van der Waals surface area (Å²) in [5.41, 5.74) is 0.962. The Morgan fingerprint density at radius 3 is 2.53 bits per heavy atom. The summed E-state index contributed by atoms with van der Waals surface area (Å²) in [4.78, 5) is 1.44. The highest BCUT2D eigenvalue weighted by Crippen LogP contribution is 2.27. The van der Waals surface area contributed by atoms with Crippen LogP contribution in [0.15, 0.2) is 52.1 Å². The van der Waals surface area contributed by atoms with Crippen molar-refractivity contribution in [3.8, 4) is 0 Å². The standard InChI is InChI=1S/C22H22F3N3O3S/c23-18-5-3-4-15(13-28-9-1-2-10-28)17(18)12-26-19-6-7-20(22(25)21(19)24)32(29,30)14-16-8-11-31-27-16/h3-8,11,26H,1-2,9-10,12-14H2. The van der Waals surface area contributed by atoms with E-state index in [1.165, 1.54) is 18.4 Å². The van der Waals surface area contributed by atoms with Gasteiger partial charge in [0.2, 0.25) is 0 Å². The maximum Gasteiger partial charge on any atom is 0.187 e. The van der Waals surface area contributed by atoms with Gasteiger partial charge in [-0.25, -0.2) is 21.6 Å². The van der Waals surface area contributed by atoms with Gasteiger partial charge >= 0.3 is 0 Å². The lowest BCUT2D eigenvalue weighted by Gasteiger charge is -2.19. The fourth-order valence-corrected chi connectivity index (χ4v) is 5.14. The van der Waals surface area contributed by atoms with Crippen LogP contribution in [0, 0.1) is 17.5 Å². The van der Waals surface area contributed by atoms with Gasteiger partial charge in [0, 0.05) is 24.7 Å². The van der Waals surface area contributed by atoms with E-state index < -0.39 is 37.9 Å². The van der Waals surface area contributed by atoms with Crippen molar-refractivity contribution in [3.05, 3.63) is 76.9 Å². The first-order valence-electron chi connectivity index (χ1n) is 10.2. The van der Waals surface area contributed by atoms with Crippen LogP contribution in [0.3, 0.4) is 0 Å². The molecule has 0 spiro atoms. The van der Waals surface area contributed by atoms with Crippen LogP contribution < -0.4 is 5.32 Å². The summed E-state index contributed by atoms with van der Waals surface area (Å²) >= 11 is 0. The van der Waals surface area contributed by atoms with Gasteiger partial charge in [-0.2, -0.15) is 0 Å². The van der Waals surface area contributed by atoms with Crippen LogP contribution in [-0.4, -0.2) is 31.6 Å². The molecule has 1 saturated heterocycles. The highest BCUT2D eigenvalue weighted by atomic mass is 32.2. The van der Waals surface area contributed by atoms with E-state index in [0.29, 0.717) is 12.1 Å². The first-order valence-corrected chi connectivity index (χ1v) is 11.8. The zero-order chi connectivity index (χ0) is 22.7. The average Bonchev–Trinajstić information content (AvgIpc) is 3.44.